The van der Waals surface area contributed by atoms with Crippen molar-refractivity contribution in [1.82, 2.24) is 0 Å². The molecule has 0 spiro atoms. The summed E-state index contributed by atoms with van der Waals surface area (Å²) in [5.41, 5.74) is -0.124. The molecule has 1 aromatic rings. The molecular formula is C12H16O4. The predicted molar refractivity (Wildman–Crippen MR) is 58.6 cm³/mol. The molecule has 1 aliphatic carbocycles. The van der Waals surface area contributed by atoms with Crippen LogP contribution in [0.25, 0.3) is 0 Å². The number of benzene rings is 1. The molecule has 0 aliphatic heterocycles. The Morgan fingerprint density at radius 1 is 1.12 bits per heavy atom. The molecule has 1 fully saturated rings. The van der Waals surface area contributed by atoms with Crippen LogP contribution in [0.2, 0.25) is 0 Å². The van der Waals surface area contributed by atoms with Gasteiger partial charge in [0.2, 0.25) is 5.75 Å². The second-order valence-corrected chi connectivity index (χ2v) is 5.13. The Bertz CT molecular complexity index is 439. The van der Waals surface area contributed by atoms with E-state index in [1.807, 2.05) is 13.8 Å². The van der Waals surface area contributed by atoms with E-state index in [9.17, 15) is 20.4 Å². The molecule has 0 amide bonds. The highest BCUT2D eigenvalue weighted by atomic mass is 16.3. The summed E-state index contributed by atoms with van der Waals surface area (Å²) in [6, 6.07) is 2.88. The molecular weight excluding hydrogens is 208 g/mol. The van der Waals surface area contributed by atoms with Gasteiger partial charge in [0.25, 0.3) is 0 Å². The van der Waals surface area contributed by atoms with E-state index in [-0.39, 0.29) is 23.5 Å². The van der Waals surface area contributed by atoms with Crippen molar-refractivity contribution in [2.24, 2.45) is 5.41 Å². The minimum atomic E-state index is -0.520. The van der Waals surface area contributed by atoms with Crippen molar-refractivity contribution in [1.29, 1.82) is 0 Å². The Hall–Kier alpha value is -1.42. The Labute approximate surface area is 93.8 Å². The SMILES string of the molecule is CC1(C)CC1(CO)c1ccc(O)c(O)c1O. The van der Waals surface area contributed by atoms with Gasteiger partial charge in [0.05, 0.1) is 6.61 Å². The molecule has 4 heteroatoms. The van der Waals surface area contributed by atoms with Crippen LogP contribution in [-0.2, 0) is 5.41 Å². The monoisotopic (exact) mass is 224 g/mol. The fraction of sp³-hybridized carbons (Fsp3) is 0.500. The van der Waals surface area contributed by atoms with E-state index in [2.05, 4.69) is 0 Å². The molecule has 16 heavy (non-hydrogen) atoms. The highest BCUT2D eigenvalue weighted by Crippen LogP contribution is 2.66. The molecule has 1 aliphatic rings. The van der Waals surface area contributed by atoms with Crippen LogP contribution in [0.15, 0.2) is 12.1 Å². The minimum absolute atomic E-state index is 0.0855. The van der Waals surface area contributed by atoms with Crippen LogP contribution in [0.1, 0.15) is 25.8 Å². The zero-order valence-corrected chi connectivity index (χ0v) is 9.36. The normalized spacial score (nSPS) is 26.7. The van der Waals surface area contributed by atoms with Crippen molar-refractivity contribution < 1.29 is 20.4 Å². The summed E-state index contributed by atoms with van der Waals surface area (Å²) in [6.45, 7) is 3.90. The fourth-order valence-corrected chi connectivity index (χ4v) is 2.48. The number of aromatic hydroxyl groups is 3. The van der Waals surface area contributed by atoms with Crippen molar-refractivity contribution in [3.63, 3.8) is 0 Å². The molecule has 0 heterocycles. The second kappa shape index (κ2) is 3.04. The van der Waals surface area contributed by atoms with Gasteiger partial charge < -0.3 is 20.4 Å². The average molecular weight is 224 g/mol. The average Bonchev–Trinajstić information content (AvgIpc) is 2.79. The van der Waals surface area contributed by atoms with E-state index in [1.54, 1.807) is 6.07 Å². The van der Waals surface area contributed by atoms with Crippen LogP contribution in [0, 0.1) is 5.41 Å². The largest absolute Gasteiger partial charge is 0.504 e. The Balaban J connectivity index is 2.54. The van der Waals surface area contributed by atoms with Crippen molar-refractivity contribution in [3.05, 3.63) is 17.7 Å². The summed E-state index contributed by atoms with van der Waals surface area (Å²) < 4.78 is 0. The maximum absolute atomic E-state index is 9.80. The number of aliphatic hydroxyl groups excluding tert-OH is 1. The first-order chi connectivity index (χ1) is 7.35. The molecule has 4 nitrogen and oxygen atoms in total. The molecule has 0 aromatic heterocycles. The van der Waals surface area contributed by atoms with E-state index in [0.29, 0.717) is 5.56 Å². The summed E-state index contributed by atoms with van der Waals surface area (Å²) >= 11 is 0. The quantitative estimate of drug-likeness (QED) is 0.573. The van der Waals surface area contributed by atoms with Gasteiger partial charge in [-0.15, -0.1) is 0 Å². The molecule has 0 bridgehead atoms. The van der Waals surface area contributed by atoms with Crippen molar-refractivity contribution in [3.8, 4) is 17.2 Å². The topological polar surface area (TPSA) is 80.9 Å². The third-order valence-corrected chi connectivity index (χ3v) is 3.83. The van der Waals surface area contributed by atoms with Crippen molar-refractivity contribution in [2.45, 2.75) is 25.7 Å². The summed E-state index contributed by atoms with van der Waals surface area (Å²) in [5, 5.41) is 38.0. The molecule has 88 valence electrons. The lowest BCUT2D eigenvalue weighted by molar-refractivity contribution is 0.227. The number of rotatable bonds is 2. The maximum atomic E-state index is 9.80. The number of aliphatic hydroxyl groups is 1. The highest BCUT2D eigenvalue weighted by Gasteiger charge is 2.62. The zero-order chi connectivity index (χ0) is 12.1. The van der Waals surface area contributed by atoms with Crippen LogP contribution in [0.5, 0.6) is 17.2 Å². The van der Waals surface area contributed by atoms with Gasteiger partial charge in [-0.2, -0.15) is 0 Å². The number of hydrogen-bond acceptors (Lipinski definition) is 4. The van der Waals surface area contributed by atoms with E-state index in [1.165, 1.54) is 6.07 Å². The van der Waals surface area contributed by atoms with E-state index in [0.717, 1.165) is 6.42 Å². The Morgan fingerprint density at radius 2 is 1.69 bits per heavy atom. The lowest BCUT2D eigenvalue weighted by Gasteiger charge is -2.20. The smallest absolute Gasteiger partial charge is 0.200 e. The van der Waals surface area contributed by atoms with Gasteiger partial charge in [-0.05, 0) is 17.9 Å². The van der Waals surface area contributed by atoms with Crippen LogP contribution in [0.4, 0.5) is 0 Å². The predicted octanol–water partition coefficient (Wildman–Crippen LogP) is 1.46. The molecule has 1 aromatic carbocycles. The number of hydrogen-bond donors (Lipinski definition) is 4. The van der Waals surface area contributed by atoms with E-state index >= 15 is 0 Å². The molecule has 0 radical (unpaired) electrons. The summed E-state index contributed by atoms with van der Waals surface area (Å²) in [7, 11) is 0. The lowest BCUT2D eigenvalue weighted by atomic mass is 9.87. The third kappa shape index (κ3) is 1.19. The molecule has 1 unspecified atom stereocenters. The first-order valence-corrected chi connectivity index (χ1v) is 5.21. The van der Waals surface area contributed by atoms with Gasteiger partial charge >= 0.3 is 0 Å². The molecule has 4 N–H and O–H groups in total. The van der Waals surface area contributed by atoms with Gasteiger partial charge in [-0.1, -0.05) is 19.9 Å². The zero-order valence-electron chi connectivity index (χ0n) is 9.36. The van der Waals surface area contributed by atoms with Crippen LogP contribution >= 0.6 is 0 Å². The summed E-state index contributed by atoms with van der Waals surface area (Å²) in [6.07, 6.45) is 0.744. The van der Waals surface area contributed by atoms with Gasteiger partial charge in [-0.3, -0.25) is 0 Å². The summed E-state index contributed by atoms with van der Waals surface area (Å²) in [5.74, 6) is -1.21. The van der Waals surface area contributed by atoms with Crippen molar-refractivity contribution in [2.75, 3.05) is 6.61 Å². The van der Waals surface area contributed by atoms with E-state index in [4.69, 9.17) is 0 Å². The van der Waals surface area contributed by atoms with Gasteiger partial charge in [-0.25, -0.2) is 0 Å². The molecule has 0 saturated heterocycles. The summed E-state index contributed by atoms with van der Waals surface area (Å²) in [4.78, 5) is 0. The highest BCUT2D eigenvalue weighted by molar-refractivity contribution is 5.58. The maximum Gasteiger partial charge on any atom is 0.200 e. The molecule has 2 rings (SSSR count). The van der Waals surface area contributed by atoms with Crippen LogP contribution < -0.4 is 0 Å². The van der Waals surface area contributed by atoms with E-state index < -0.39 is 11.2 Å². The lowest BCUT2D eigenvalue weighted by Crippen LogP contribution is -2.19. The standard InChI is InChI=1S/C12H16O4/c1-11(2)5-12(11,6-13)7-3-4-8(14)10(16)9(7)15/h3-4,13-16H,5-6H2,1-2H3. The van der Waals surface area contributed by atoms with Gasteiger partial charge in [0.15, 0.2) is 11.5 Å². The van der Waals surface area contributed by atoms with Crippen LogP contribution in [-0.4, -0.2) is 27.0 Å². The Kier molecular flexibility index (Phi) is 2.11. The van der Waals surface area contributed by atoms with Crippen LogP contribution in [0.3, 0.4) is 0 Å². The second-order valence-electron chi connectivity index (χ2n) is 5.13. The Morgan fingerprint density at radius 3 is 2.12 bits per heavy atom. The van der Waals surface area contributed by atoms with Gasteiger partial charge in [0, 0.05) is 11.0 Å². The first kappa shape index (κ1) is 11.1. The molecule has 1 atom stereocenters. The fourth-order valence-electron chi connectivity index (χ4n) is 2.48. The van der Waals surface area contributed by atoms with Gasteiger partial charge in [0.1, 0.15) is 0 Å². The number of phenols is 3. The third-order valence-electron chi connectivity index (χ3n) is 3.83. The van der Waals surface area contributed by atoms with Crippen molar-refractivity contribution >= 4 is 0 Å². The number of phenolic OH excluding ortho intramolecular Hbond substituents is 3. The minimum Gasteiger partial charge on any atom is -0.504 e. The first-order valence-electron chi connectivity index (χ1n) is 5.21. The molecule has 1 saturated carbocycles.